The minimum absolute atomic E-state index is 0.0894. The lowest BCUT2D eigenvalue weighted by Gasteiger charge is -2.05. The first-order valence-corrected chi connectivity index (χ1v) is 7.13. The van der Waals surface area contributed by atoms with Gasteiger partial charge >= 0.3 is 0 Å². The fourth-order valence-electron chi connectivity index (χ4n) is 2.27. The van der Waals surface area contributed by atoms with E-state index in [0.29, 0.717) is 5.16 Å². The highest BCUT2D eigenvalue weighted by Crippen LogP contribution is 2.28. The summed E-state index contributed by atoms with van der Waals surface area (Å²) in [6.45, 7) is 1.86. The van der Waals surface area contributed by atoms with Crippen molar-refractivity contribution in [3.8, 4) is 6.07 Å². The Morgan fingerprint density at radius 3 is 3.00 bits per heavy atom. The predicted octanol–water partition coefficient (Wildman–Crippen LogP) is 2.93. The molecule has 92 valence electrons. The van der Waals surface area contributed by atoms with Gasteiger partial charge in [-0.2, -0.15) is 5.26 Å². The lowest BCUT2D eigenvalue weighted by molar-refractivity contribution is 0.497. The molecule has 0 amide bonds. The normalized spacial score (nSPS) is 18.1. The molecular weight excluding hydrogens is 232 g/mol. The smallest absolute Gasteiger partial charge is 0.209 e. The Balaban J connectivity index is 1.79. The molecule has 1 N–H and O–H groups in total. The molecule has 1 unspecified atom stereocenters. The number of hydrogen-bond acceptors (Lipinski definition) is 4. The van der Waals surface area contributed by atoms with Crippen LogP contribution in [0.1, 0.15) is 44.9 Å². The van der Waals surface area contributed by atoms with Gasteiger partial charge in [0.1, 0.15) is 5.82 Å². The van der Waals surface area contributed by atoms with Crippen molar-refractivity contribution in [2.75, 3.05) is 0 Å². The van der Waals surface area contributed by atoms with Gasteiger partial charge in [0.25, 0.3) is 0 Å². The van der Waals surface area contributed by atoms with Gasteiger partial charge in [0.2, 0.25) is 5.16 Å². The molecule has 1 saturated carbocycles. The fourth-order valence-corrected chi connectivity index (χ4v) is 2.90. The summed E-state index contributed by atoms with van der Waals surface area (Å²) in [7, 11) is 0. The Bertz CT molecular complexity index is 389. The molecule has 0 aliphatic heterocycles. The maximum absolute atomic E-state index is 8.71. The van der Waals surface area contributed by atoms with Crippen molar-refractivity contribution in [1.82, 2.24) is 15.2 Å². The molecule has 0 radical (unpaired) electrons. The van der Waals surface area contributed by atoms with Crippen LogP contribution >= 0.6 is 11.8 Å². The lowest BCUT2D eigenvalue weighted by atomic mass is 10.0. The maximum Gasteiger partial charge on any atom is 0.209 e. The van der Waals surface area contributed by atoms with E-state index in [-0.39, 0.29) is 5.25 Å². The number of aromatic nitrogens is 3. The van der Waals surface area contributed by atoms with Crippen LogP contribution in [0.2, 0.25) is 0 Å². The number of hydrogen-bond donors (Lipinski definition) is 1. The van der Waals surface area contributed by atoms with Crippen LogP contribution in [0.5, 0.6) is 0 Å². The van der Waals surface area contributed by atoms with Crippen molar-refractivity contribution in [2.24, 2.45) is 5.92 Å². The second-order valence-electron chi connectivity index (χ2n) is 4.64. The number of H-pyrrole nitrogens is 1. The number of nitrogens with zero attached hydrogens (tertiary/aromatic N) is 3. The van der Waals surface area contributed by atoms with Gasteiger partial charge in [-0.25, -0.2) is 4.98 Å². The molecule has 1 fully saturated rings. The van der Waals surface area contributed by atoms with Crippen LogP contribution in [-0.2, 0) is 6.42 Å². The second-order valence-corrected chi connectivity index (χ2v) is 5.95. The summed E-state index contributed by atoms with van der Waals surface area (Å²) in [5.41, 5.74) is 0. The van der Waals surface area contributed by atoms with E-state index in [0.717, 1.165) is 18.2 Å². The molecule has 0 saturated heterocycles. The van der Waals surface area contributed by atoms with Crippen molar-refractivity contribution in [1.29, 1.82) is 5.26 Å². The third kappa shape index (κ3) is 3.74. The Labute approximate surface area is 106 Å². The fraction of sp³-hybridized carbons (Fsp3) is 0.750. The van der Waals surface area contributed by atoms with E-state index in [1.165, 1.54) is 43.9 Å². The zero-order valence-electron chi connectivity index (χ0n) is 10.1. The van der Waals surface area contributed by atoms with Gasteiger partial charge < -0.3 is 0 Å². The molecule has 1 heterocycles. The van der Waals surface area contributed by atoms with Crippen molar-refractivity contribution in [3.05, 3.63) is 5.82 Å². The molecule has 17 heavy (non-hydrogen) atoms. The number of nitriles is 1. The van der Waals surface area contributed by atoms with Crippen LogP contribution in [-0.4, -0.2) is 20.4 Å². The zero-order valence-corrected chi connectivity index (χ0v) is 11.0. The molecule has 0 spiro atoms. The number of thioether (sulfide) groups is 1. The van der Waals surface area contributed by atoms with Crippen LogP contribution in [0.25, 0.3) is 0 Å². The van der Waals surface area contributed by atoms with Gasteiger partial charge in [-0.15, -0.1) is 5.10 Å². The van der Waals surface area contributed by atoms with Crippen LogP contribution in [0, 0.1) is 17.2 Å². The summed E-state index contributed by atoms with van der Waals surface area (Å²) in [4.78, 5) is 4.40. The van der Waals surface area contributed by atoms with Crippen LogP contribution in [0.3, 0.4) is 0 Å². The molecule has 1 aromatic rings. The SMILES string of the molecule is CC(C#N)Sc1n[nH]c(CCC2CCCC2)n1. The summed E-state index contributed by atoms with van der Waals surface area (Å²) < 4.78 is 0. The molecule has 1 aliphatic rings. The first-order chi connectivity index (χ1) is 8.28. The first-order valence-electron chi connectivity index (χ1n) is 6.25. The average molecular weight is 250 g/mol. The largest absolute Gasteiger partial charge is 0.262 e. The van der Waals surface area contributed by atoms with Gasteiger partial charge in [0.15, 0.2) is 0 Å². The van der Waals surface area contributed by atoms with Gasteiger partial charge in [-0.05, 0) is 19.3 Å². The number of aromatic amines is 1. The highest BCUT2D eigenvalue weighted by Gasteiger charge is 2.16. The van der Waals surface area contributed by atoms with Crippen LogP contribution in [0.15, 0.2) is 5.16 Å². The van der Waals surface area contributed by atoms with Crippen molar-refractivity contribution in [3.63, 3.8) is 0 Å². The minimum atomic E-state index is -0.0894. The number of aryl methyl sites for hydroxylation is 1. The second kappa shape index (κ2) is 6.06. The Kier molecular flexibility index (Phi) is 4.43. The van der Waals surface area contributed by atoms with Gasteiger partial charge in [-0.1, -0.05) is 37.4 Å². The van der Waals surface area contributed by atoms with E-state index in [9.17, 15) is 0 Å². The molecule has 5 heteroatoms. The lowest BCUT2D eigenvalue weighted by Crippen LogP contribution is -1.97. The van der Waals surface area contributed by atoms with E-state index in [1.54, 1.807) is 0 Å². The number of nitrogens with one attached hydrogen (secondary N) is 1. The number of rotatable bonds is 5. The third-order valence-electron chi connectivity index (χ3n) is 3.24. The summed E-state index contributed by atoms with van der Waals surface area (Å²) in [6, 6.07) is 2.17. The predicted molar refractivity (Wildman–Crippen MR) is 67.6 cm³/mol. The van der Waals surface area contributed by atoms with Gasteiger partial charge in [-0.3, -0.25) is 5.10 Å². The van der Waals surface area contributed by atoms with E-state index in [1.807, 2.05) is 6.92 Å². The molecule has 1 aromatic heterocycles. The zero-order chi connectivity index (χ0) is 12.1. The topological polar surface area (TPSA) is 65.4 Å². The van der Waals surface area contributed by atoms with Crippen molar-refractivity contribution < 1.29 is 0 Å². The van der Waals surface area contributed by atoms with Crippen LogP contribution < -0.4 is 0 Å². The van der Waals surface area contributed by atoms with Crippen LogP contribution in [0.4, 0.5) is 0 Å². The summed E-state index contributed by atoms with van der Waals surface area (Å²) in [5.74, 6) is 1.85. The average Bonchev–Trinajstić information content (AvgIpc) is 2.97. The highest BCUT2D eigenvalue weighted by molar-refractivity contribution is 7.99. The Morgan fingerprint density at radius 1 is 1.53 bits per heavy atom. The van der Waals surface area contributed by atoms with Crippen molar-refractivity contribution in [2.45, 2.75) is 55.9 Å². The minimum Gasteiger partial charge on any atom is -0.262 e. The molecule has 0 aromatic carbocycles. The first kappa shape index (κ1) is 12.4. The third-order valence-corrected chi connectivity index (χ3v) is 4.09. The monoisotopic (exact) mass is 250 g/mol. The van der Waals surface area contributed by atoms with E-state index in [4.69, 9.17) is 5.26 Å². The van der Waals surface area contributed by atoms with Crippen molar-refractivity contribution >= 4 is 11.8 Å². The van der Waals surface area contributed by atoms with E-state index in [2.05, 4.69) is 21.3 Å². The molecule has 1 atom stereocenters. The highest BCUT2D eigenvalue weighted by atomic mass is 32.2. The van der Waals surface area contributed by atoms with E-state index < -0.39 is 0 Å². The molecule has 4 nitrogen and oxygen atoms in total. The quantitative estimate of drug-likeness (QED) is 0.816. The van der Waals surface area contributed by atoms with Gasteiger partial charge in [0, 0.05) is 6.42 Å². The Morgan fingerprint density at radius 2 is 2.29 bits per heavy atom. The van der Waals surface area contributed by atoms with Gasteiger partial charge in [0.05, 0.1) is 11.3 Å². The molecule has 1 aliphatic carbocycles. The standard InChI is InChI=1S/C12H18N4S/c1-9(8-13)17-12-14-11(15-16-12)7-6-10-4-2-3-5-10/h9-10H,2-7H2,1H3,(H,14,15,16). The summed E-state index contributed by atoms with van der Waals surface area (Å²) in [5, 5.41) is 16.4. The molecule has 0 bridgehead atoms. The molecular formula is C12H18N4S. The summed E-state index contributed by atoms with van der Waals surface area (Å²) >= 11 is 1.41. The Hall–Kier alpha value is -1.02. The maximum atomic E-state index is 8.71. The molecule has 2 rings (SSSR count). The van der Waals surface area contributed by atoms with E-state index >= 15 is 0 Å². The summed E-state index contributed by atoms with van der Waals surface area (Å²) in [6.07, 6.45) is 7.73.